The predicted octanol–water partition coefficient (Wildman–Crippen LogP) is 2.54. The number of hydrogen-bond donors (Lipinski definition) is 1. The van der Waals surface area contributed by atoms with Gasteiger partial charge in [0, 0.05) is 20.2 Å². The molecule has 0 spiro atoms. The molecule has 1 unspecified atom stereocenters. The molecule has 1 aromatic heterocycles. The van der Waals surface area contributed by atoms with Crippen LogP contribution in [0.15, 0.2) is 4.90 Å². The summed E-state index contributed by atoms with van der Waals surface area (Å²) in [6.45, 7) is 1.90. The van der Waals surface area contributed by atoms with Gasteiger partial charge in [0.2, 0.25) is 0 Å². The van der Waals surface area contributed by atoms with E-state index >= 15 is 0 Å². The molecule has 0 radical (unpaired) electrons. The van der Waals surface area contributed by atoms with Gasteiger partial charge in [0.05, 0.1) is 16.7 Å². The van der Waals surface area contributed by atoms with Crippen LogP contribution < -0.4 is 10.6 Å². The van der Waals surface area contributed by atoms with E-state index in [1.54, 1.807) is 18.9 Å². The van der Waals surface area contributed by atoms with E-state index in [0.717, 1.165) is 35.8 Å². The minimum absolute atomic E-state index is 0.280. The molecule has 1 aliphatic heterocycles. The molecule has 18 heavy (non-hydrogen) atoms. The molecule has 2 heterocycles. The lowest BCUT2D eigenvalue weighted by molar-refractivity contribution is 0.0894. The van der Waals surface area contributed by atoms with Crippen molar-refractivity contribution in [1.29, 1.82) is 5.26 Å². The number of methoxy groups -OCH3 is 1. The number of nitrogens with zero attached hydrogens (tertiary/aromatic N) is 2. The molecule has 1 fully saturated rings. The Morgan fingerprint density at radius 2 is 2.39 bits per heavy atom. The number of nitrogens with two attached hydrogens (primary N) is 1. The number of rotatable bonds is 3. The summed E-state index contributed by atoms with van der Waals surface area (Å²) in [5, 5.41) is 10.2. The molecule has 1 saturated heterocycles. The number of hydrogen-bond acceptors (Lipinski definition) is 6. The topological polar surface area (TPSA) is 62.3 Å². The van der Waals surface area contributed by atoms with Crippen LogP contribution in [0, 0.1) is 11.3 Å². The highest BCUT2D eigenvalue weighted by atomic mass is 32.2. The van der Waals surface area contributed by atoms with Gasteiger partial charge in [-0.05, 0) is 19.1 Å². The highest BCUT2D eigenvalue weighted by Gasteiger charge is 2.25. The van der Waals surface area contributed by atoms with Crippen molar-refractivity contribution >= 4 is 33.8 Å². The maximum Gasteiger partial charge on any atom is 0.131 e. The Labute approximate surface area is 116 Å². The van der Waals surface area contributed by atoms with Crippen molar-refractivity contribution in [3.05, 3.63) is 4.88 Å². The van der Waals surface area contributed by atoms with E-state index in [9.17, 15) is 0 Å². The van der Waals surface area contributed by atoms with E-state index in [4.69, 9.17) is 15.7 Å². The van der Waals surface area contributed by atoms with Crippen LogP contribution in [0.3, 0.4) is 0 Å². The summed E-state index contributed by atoms with van der Waals surface area (Å²) in [7, 11) is 1.76. The molecule has 4 nitrogen and oxygen atoms in total. The summed E-state index contributed by atoms with van der Waals surface area (Å²) >= 11 is 3.11. The van der Waals surface area contributed by atoms with Gasteiger partial charge >= 0.3 is 0 Å². The summed E-state index contributed by atoms with van der Waals surface area (Å²) in [5.41, 5.74) is 6.64. The van der Waals surface area contributed by atoms with Gasteiger partial charge in [0.1, 0.15) is 15.9 Å². The number of thiophene rings is 1. The second-order valence-electron chi connectivity index (χ2n) is 4.24. The van der Waals surface area contributed by atoms with E-state index in [0.29, 0.717) is 10.6 Å². The molecule has 0 saturated carbocycles. The van der Waals surface area contributed by atoms with Crippen molar-refractivity contribution in [3.8, 4) is 6.07 Å². The molecule has 0 amide bonds. The quantitative estimate of drug-likeness (QED) is 0.864. The van der Waals surface area contributed by atoms with Gasteiger partial charge in [-0.1, -0.05) is 0 Å². The molecule has 98 valence electrons. The summed E-state index contributed by atoms with van der Waals surface area (Å²) in [4.78, 5) is 3.95. The fourth-order valence-electron chi connectivity index (χ4n) is 2.22. The number of nitrogen functional groups attached to an aromatic ring is 1. The Morgan fingerprint density at radius 1 is 1.61 bits per heavy atom. The summed E-state index contributed by atoms with van der Waals surface area (Å²) in [6.07, 6.45) is 4.50. The van der Waals surface area contributed by atoms with Gasteiger partial charge < -0.3 is 15.4 Å². The molecule has 1 atom stereocenters. The second kappa shape index (κ2) is 5.83. The Hall–Kier alpha value is -0.900. The smallest absolute Gasteiger partial charge is 0.131 e. The Balaban J connectivity index is 2.30. The molecule has 1 aliphatic rings. The largest absolute Gasteiger partial charge is 0.396 e. The molecule has 0 aliphatic carbocycles. The lowest BCUT2D eigenvalue weighted by Gasteiger charge is -2.33. The maximum atomic E-state index is 9.08. The minimum atomic E-state index is 0.280. The molecule has 2 rings (SSSR count). The van der Waals surface area contributed by atoms with Crippen LogP contribution in [0.5, 0.6) is 0 Å². The summed E-state index contributed by atoms with van der Waals surface area (Å²) in [6, 6.07) is 2.18. The SMILES string of the molecule is COC1CCCN(c2sc(C#N)c(N)c2SC)C1. The lowest BCUT2D eigenvalue weighted by atomic mass is 10.1. The van der Waals surface area contributed by atoms with Gasteiger partial charge in [-0.3, -0.25) is 0 Å². The Kier molecular flexibility index (Phi) is 4.38. The van der Waals surface area contributed by atoms with Gasteiger partial charge in [-0.15, -0.1) is 23.1 Å². The van der Waals surface area contributed by atoms with E-state index in [2.05, 4.69) is 11.0 Å². The van der Waals surface area contributed by atoms with Crippen molar-refractivity contribution in [2.24, 2.45) is 0 Å². The van der Waals surface area contributed by atoms with Gasteiger partial charge in [0.25, 0.3) is 0 Å². The van der Waals surface area contributed by atoms with Gasteiger partial charge in [-0.25, -0.2) is 0 Å². The third-order valence-electron chi connectivity index (χ3n) is 3.19. The zero-order chi connectivity index (χ0) is 13.1. The zero-order valence-electron chi connectivity index (χ0n) is 10.6. The van der Waals surface area contributed by atoms with Gasteiger partial charge in [-0.2, -0.15) is 5.26 Å². The van der Waals surface area contributed by atoms with Crippen LogP contribution in [0.25, 0.3) is 0 Å². The average Bonchev–Trinajstić information content (AvgIpc) is 2.75. The molecule has 0 bridgehead atoms. The van der Waals surface area contributed by atoms with E-state index in [1.165, 1.54) is 11.3 Å². The van der Waals surface area contributed by atoms with E-state index in [-0.39, 0.29) is 6.10 Å². The second-order valence-corrected chi connectivity index (χ2v) is 6.06. The highest BCUT2D eigenvalue weighted by molar-refractivity contribution is 7.99. The van der Waals surface area contributed by atoms with Crippen LogP contribution in [0.1, 0.15) is 17.7 Å². The van der Waals surface area contributed by atoms with Crippen LogP contribution in [-0.4, -0.2) is 32.6 Å². The number of piperidine rings is 1. The number of ether oxygens (including phenoxy) is 1. The van der Waals surface area contributed by atoms with Crippen molar-refractivity contribution in [1.82, 2.24) is 0 Å². The van der Waals surface area contributed by atoms with E-state index in [1.807, 2.05) is 6.26 Å². The van der Waals surface area contributed by atoms with Crippen molar-refractivity contribution in [2.75, 3.05) is 37.1 Å². The zero-order valence-corrected chi connectivity index (χ0v) is 12.2. The Bertz CT molecular complexity index is 467. The summed E-state index contributed by atoms with van der Waals surface area (Å²) in [5.74, 6) is 0. The first-order valence-corrected chi connectivity index (χ1v) is 7.89. The first-order valence-electron chi connectivity index (χ1n) is 5.85. The van der Waals surface area contributed by atoms with Gasteiger partial charge in [0.15, 0.2) is 0 Å². The average molecular weight is 283 g/mol. The first-order chi connectivity index (χ1) is 8.71. The Morgan fingerprint density at radius 3 is 3.00 bits per heavy atom. The van der Waals surface area contributed by atoms with Crippen molar-refractivity contribution in [3.63, 3.8) is 0 Å². The monoisotopic (exact) mass is 283 g/mol. The van der Waals surface area contributed by atoms with Crippen molar-refractivity contribution in [2.45, 2.75) is 23.8 Å². The number of thioether (sulfide) groups is 1. The fourth-order valence-corrected chi connectivity index (χ4v) is 4.23. The summed E-state index contributed by atoms with van der Waals surface area (Å²) < 4.78 is 5.44. The van der Waals surface area contributed by atoms with Crippen LogP contribution in [0.4, 0.5) is 10.7 Å². The van der Waals surface area contributed by atoms with Crippen LogP contribution in [-0.2, 0) is 4.74 Å². The molecule has 0 aromatic carbocycles. The van der Waals surface area contributed by atoms with Crippen LogP contribution in [0.2, 0.25) is 0 Å². The fraction of sp³-hybridized carbons (Fsp3) is 0.583. The third-order valence-corrected chi connectivity index (χ3v) is 5.31. The highest BCUT2D eigenvalue weighted by Crippen LogP contribution is 2.44. The van der Waals surface area contributed by atoms with E-state index < -0.39 is 0 Å². The molecule has 1 aromatic rings. The standard InChI is InChI=1S/C12H17N3OS2/c1-16-8-4-3-5-15(7-8)12-11(17-2)10(14)9(6-13)18-12/h8H,3-5,7,14H2,1-2H3. The lowest BCUT2D eigenvalue weighted by Crippen LogP contribution is -2.39. The predicted molar refractivity (Wildman–Crippen MR) is 77.5 cm³/mol. The van der Waals surface area contributed by atoms with Crippen molar-refractivity contribution < 1.29 is 4.74 Å². The third kappa shape index (κ3) is 2.44. The molecular formula is C12H17N3OS2. The number of nitriles is 1. The molecule has 6 heteroatoms. The maximum absolute atomic E-state index is 9.08. The normalized spacial score (nSPS) is 19.8. The minimum Gasteiger partial charge on any atom is -0.396 e. The number of anilines is 2. The molecule has 2 N–H and O–H groups in total. The van der Waals surface area contributed by atoms with Crippen LogP contribution >= 0.6 is 23.1 Å². The first kappa shape index (κ1) is 13.5. The molecular weight excluding hydrogens is 266 g/mol.